The van der Waals surface area contributed by atoms with Gasteiger partial charge in [0.1, 0.15) is 11.5 Å². The van der Waals surface area contributed by atoms with Crippen molar-refractivity contribution in [3.05, 3.63) is 44.5 Å². The Hall–Kier alpha value is -0.810. The highest BCUT2D eigenvalue weighted by Crippen LogP contribution is 2.23. The van der Waals surface area contributed by atoms with E-state index in [1.54, 1.807) is 11.3 Å². The largest absolute Gasteiger partial charge is 0.465 e. The minimum atomic E-state index is 0.793. The molecule has 0 radical (unpaired) electrons. The van der Waals surface area contributed by atoms with Crippen LogP contribution in [0.5, 0.6) is 0 Å². The molecule has 0 saturated carbocycles. The standard InChI is InChI=1S/C15H21ClN2OS/c1-4-17-8-13-7-12(11(2)19-13)9-18(3)10-14-5-6-15(16)20-14/h5-7,17H,4,8-10H2,1-3H3. The van der Waals surface area contributed by atoms with Crippen molar-refractivity contribution in [2.75, 3.05) is 13.6 Å². The average molecular weight is 313 g/mol. The van der Waals surface area contributed by atoms with Crippen LogP contribution in [-0.2, 0) is 19.6 Å². The Morgan fingerprint density at radius 2 is 2.15 bits per heavy atom. The number of furan rings is 1. The third-order valence-corrected chi connectivity index (χ3v) is 4.33. The van der Waals surface area contributed by atoms with Gasteiger partial charge in [0.2, 0.25) is 0 Å². The lowest BCUT2D eigenvalue weighted by molar-refractivity contribution is 0.319. The molecule has 3 nitrogen and oxygen atoms in total. The van der Waals surface area contributed by atoms with Crippen LogP contribution in [0, 0.1) is 6.92 Å². The molecule has 0 spiro atoms. The monoisotopic (exact) mass is 312 g/mol. The average Bonchev–Trinajstić information content (AvgIpc) is 2.94. The molecule has 0 amide bonds. The molecule has 20 heavy (non-hydrogen) atoms. The molecule has 0 aliphatic heterocycles. The number of hydrogen-bond acceptors (Lipinski definition) is 4. The van der Waals surface area contributed by atoms with Crippen molar-refractivity contribution in [2.45, 2.75) is 33.5 Å². The molecule has 0 aromatic carbocycles. The maximum absolute atomic E-state index is 5.96. The number of rotatable bonds is 7. The molecule has 2 aromatic heterocycles. The van der Waals surface area contributed by atoms with Crippen LogP contribution in [0.15, 0.2) is 22.6 Å². The normalized spacial score (nSPS) is 11.4. The highest BCUT2D eigenvalue weighted by Gasteiger charge is 2.10. The number of nitrogens with one attached hydrogen (secondary N) is 1. The van der Waals surface area contributed by atoms with E-state index in [-0.39, 0.29) is 0 Å². The van der Waals surface area contributed by atoms with Gasteiger partial charge in [-0.15, -0.1) is 11.3 Å². The van der Waals surface area contributed by atoms with E-state index in [0.29, 0.717) is 0 Å². The molecular weight excluding hydrogens is 292 g/mol. The molecule has 0 aliphatic rings. The van der Waals surface area contributed by atoms with Crippen LogP contribution in [0.3, 0.4) is 0 Å². The summed E-state index contributed by atoms with van der Waals surface area (Å²) in [6.07, 6.45) is 0. The summed E-state index contributed by atoms with van der Waals surface area (Å²) in [6.45, 7) is 7.66. The fourth-order valence-corrected chi connectivity index (χ4v) is 3.30. The summed E-state index contributed by atoms with van der Waals surface area (Å²) in [6, 6.07) is 6.19. The minimum absolute atomic E-state index is 0.793. The van der Waals surface area contributed by atoms with E-state index in [1.807, 2.05) is 13.0 Å². The van der Waals surface area contributed by atoms with E-state index < -0.39 is 0 Å². The van der Waals surface area contributed by atoms with E-state index in [9.17, 15) is 0 Å². The molecule has 0 bridgehead atoms. The van der Waals surface area contributed by atoms with Crippen molar-refractivity contribution in [3.8, 4) is 0 Å². The van der Waals surface area contributed by atoms with Crippen LogP contribution < -0.4 is 5.32 Å². The minimum Gasteiger partial charge on any atom is -0.465 e. The Morgan fingerprint density at radius 1 is 1.35 bits per heavy atom. The smallest absolute Gasteiger partial charge is 0.118 e. The lowest BCUT2D eigenvalue weighted by Gasteiger charge is -2.14. The van der Waals surface area contributed by atoms with Crippen molar-refractivity contribution in [2.24, 2.45) is 0 Å². The first-order valence-electron chi connectivity index (χ1n) is 6.80. The summed E-state index contributed by atoms with van der Waals surface area (Å²) in [4.78, 5) is 3.56. The van der Waals surface area contributed by atoms with Crippen LogP contribution in [0.1, 0.15) is 28.9 Å². The fraction of sp³-hybridized carbons (Fsp3) is 0.467. The van der Waals surface area contributed by atoms with Gasteiger partial charge in [0.05, 0.1) is 10.9 Å². The van der Waals surface area contributed by atoms with Gasteiger partial charge in [-0.25, -0.2) is 0 Å². The molecule has 0 atom stereocenters. The summed E-state index contributed by atoms with van der Waals surface area (Å²) < 4.78 is 6.61. The van der Waals surface area contributed by atoms with Crippen molar-refractivity contribution in [3.63, 3.8) is 0 Å². The van der Waals surface area contributed by atoms with Crippen LogP contribution >= 0.6 is 22.9 Å². The molecule has 0 unspecified atom stereocenters. The maximum atomic E-state index is 5.96. The second kappa shape index (κ2) is 7.27. The first-order valence-corrected chi connectivity index (χ1v) is 7.99. The molecule has 0 aliphatic carbocycles. The molecule has 2 heterocycles. The number of aryl methyl sites for hydroxylation is 1. The van der Waals surface area contributed by atoms with Crippen LogP contribution in [-0.4, -0.2) is 18.5 Å². The van der Waals surface area contributed by atoms with Crippen LogP contribution in [0.4, 0.5) is 0 Å². The highest BCUT2D eigenvalue weighted by molar-refractivity contribution is 7.16. The van der Waals surface area contributed by atoms with Crippen molar-refractivity contribution < 1.29 is 4.42 Å². The molecule has 5 heteroatoms. The Labute approximate surface area is 129 Å². The van der Waals surface area contributed by atoms with Crippen molar-refractivity contribution >= 4 is 22.9 Å². The quantitative estimate of drug-likeness (QED) is 0.836. The highest BCUT2D eigenvalue weighted by atomic mass is 35.5. The Morgan fingerprint density at radius 3 is 2.80 bits per heavy atom. The number of halogens is 1. The summed E-state index contributed by atoms with van der Waals surface area (Å²) >= 11 is 7.60. The zero-order chi connectivity index (χ0) is 14.5. The predicted molar refractivity (Wildman–Crippen MR) is 85.3 cm³/mol. The second-order valence-corrected chi connectivity index (χ2v) is 6.75. The maximum Gasteiger partial charge on any atom is 0.118 e. The zero-order valence-electron chi connectivity index (χ0n) is 12.2. The summed E-state index contributed by atoms with van der Waals surface area (Å²) in [5.41, 5.74) is 1.25. The van der Waals surface area contributed by atoms with Gasteiger partial charge in [-0.2, -0.15) is 0 Å². The Balaban J connectivity index is 1.93. The van der Waals surface area contributed by atoms with E-state index in [4.69, 9.17) is 16.0 Å². The SMILES string of the molecule is CCNCc1cc(CN(C)Cc2ccc(Cl)s2)c(C)o1. The van der Waals surface area contributed by atoms with Gasteiger partial charge in [0.15, 0.2) is 0 Å². The third-order valence-electron chi connectivity index (χ3n) is 3.12. The first kappa shape index (κ1) is 15.6. The van der Waals surface area contributed by atoms with Gasteiger partial charge in [-0.3, -0.25) is 4.90 Å². The van der Waals surface area contributed by atoms with Crippen molar-refractivity contribution in [1.29, 1.82) is 0 Å². The second-order valence-electron chi connectivity index (χ2n) is 4.95. The van der Waals surface area contributed by atoms with Crippen LogP contribution in [0.2, 0.25) is 4.34 Å². The van der Waals surface area contributed by atoms with Gasteiger partial charge >= 0.3 is 0 Å². The predicted octanol–water partition coefficient (Wildman–Crippen LogP) is 4.04. The summed E-state index contributed by atoms with van der Waals surface area (Å²) in [5.74, 6) is 2.01. The number of hydrogen-bond donors (Lipinski definition) is 1. The molecule has 2 rings (SSSR count). The molecule has 0 saturated heterocycles. The lowest BCUT2D eigenvalue weighted by Crippen LogP contribution is -2.16. The number of thiophene rings is 1. The first-order chi connectivity index (χ1) is 9.58. The summed E-state index contributed by atoms with van der Waals surface area (Å²) in [5, 5.41) is 3.28. The fourth-order valence-electron chi connectivity index (χ4n) is 2.13. The third kappa shape index (κ3) is 4.35. The van der Waals surface area contributed by atoms with Gasteiger partial charge in [-0.05, 0) is 38.7 Å². The van der Waals surface area contributed by atoms with E-state index in [0.717, 1.165) is 42.0 Å². The van der Waals surface area contributed by atoms with Gasteiger partial charge in [0.25, 0.3) is 0 Å². The van der Waals surface area contributed by atoms with Gasteiger partial charge in [-0.1, -0.05) is 18.5 Å². The molecule has 1 N–H and O–H groups in total. The summed E-state index contributed by atoms with van der Waals surface area (Å²) in [7, 11) is 2.12. The van der Waals surface area contributed by atoms with Gasteiger partial charge in [0, 0.05) is 23.5 Å². The molecular formula is C15H21ClN2OS. The topological polar surface area (TPSA) is 28.4 Å². The lowest BCUT2D eigenvalue weighted by atomic mass is 10.2. The number of nitrogens with zero attached hydrogens (tertiary/aromatic N) is 1. The Bertz CT molecular complexity index is 550. The molecule has 110 valence electrons. The van der Waals surface area contributed by atoms with E-state index in [2.05, 4.69) is 36.3 Å². The van der Waals surface area contributed by atoms with Crippen LogP contribution in [0.25, 0.3) is 0 Å². The van der Waals surface area contributed by atoms with Crippen molar-refractivity contribution in [1.82, 2.24) is 10.2 Å². The Kier molecular flexibility index (Phi) is 5.66. The molecule has 0 fully saturated rings. The van der Waals surface area contributed by atoms with Gasteiger partial charge < -0.3 is 9.73 Å². The zero-order valence-corrected chi connectivity index (χ0v) is 13.8. The van der Waals surface area contributed by atoms with E-state index >= 15 is 0 Å². The molecule has 2 aromatic rings. The van der Waals surface area contributed by atoms with E-state index in [1.165, 1.54) is 10.4 Å².